The molecular formula is C22H22FN5O3S. The van der Waals surface area contributed by atoms with Crippen LogP contribution in [-0.2, 0) is 15.1 Å². The maximum Gasteiger partial charge on any atom is 0.244 e. The molecule has 2 heterocycles. The van der Waals surface area contributed by atoms with E-state index in [-0.39, 0.29) is 17.5 Å². The largest absolute Gasteiger partial charge is 0.340 e. The summed E-state index contributed by atoms with van der Waals surface area (Å²) in [6.45, 7) is 3.06. The van der Waals surface area contributed by atoms with Crippen molar-refractivity contribution in [3.8, 4) is 0 Å². The molecule has 0 unspecified atom stereocenters. The van der Waals surface area contributed by atoms with Gasteiger partial charge in [0.2, 0.25) is 17.7 Å². The first-order valence-corrected chi connectivity index (χ1v) is 11.1. The monoisotopic (exact) mass is 455 g/mol. The molecule has 32 heavy (non-hydrogen) atoms. The molecule has 0 atom stereocenters. The maximum atomic E-state index is 14.2. The zero-order chi connectivity index (χ0) is 22.7. The number of thiazole rings is 1. The Kier molecular flexibility index (Phi) is 6.13. The van der Waals surface area contributed by atoms with E-state index in [1.54, 1.807) is 30.5 Å². The van der Waals surface area contributed by atoms with Crippen molar-refractivity contribution in [3.63, 3.8) is 0 Å². The van der Waals surface area contributed by atoms with Gasteiger partial charge < -0.3 is 9.84 Å². The fourth-order valence-corrected chi connectivity index (χ4v) is 4.66. The predicted molar refractivity (Wildman–Crippen MR) is 118 cm³/mol. The molecule has 8 nitrogen and oxygen atoms in total. The second kappa shape index (κ2) is 8.99. The molecule has 0 spiro atoms. The van der Waals surface area contributed by atoms with E-state index in [2.05, 4.69) is 20.4 Å². The van der Waals surface area contributed by atoms with Gasteiger partial charge in [0.05, 0.1) is 11.4 Å². The maximum absolute atomic E-state index is 14.2. The van der Waals surface area contributed by atoms with Gasteiger partial charge in [-0.2, -0.15) is 4.98 Å². The molecular weight excluding hydrogens is 433 g/mol. The highest BCUT2D eigenvalue weighted by Gasteiger charge is 2.40. The van der Waals surface area contributed by atoms with E-state index in [1.165, 1.54) is 41.4 Å². The third-order valence-electron chi connectivity index (χ3n) is 5.29. The number of rotatable bonds is 6. The van der Waals surface area contributed by atoms with Gasteiger partial charge in [0.15, 0.2) is 11.0 Å². The van der Waals surface area contributed by atoms with Crippen LogP contribution < -0.4 is 10.2 Å². The lowest BCUT2D eigenvalue weighted by Gasteiger charge is -2.25. The third kappa shape index (κ3) is 4.45. The second-order valence-corrected chi connectivity index (χ2v) is 8.45. The summed E-state index contributed by atoms with van der Waals surface area (Å²) in [7, 11) is 0. The minimum atomic E-state index is -0.636. The van der Waals surface area contributed by atoms with Crippen molar-refractivity contribution in [1.82, 2.24) is 20.4 Å². The van der Waals surface area contributed by atoms with Gasteiger partial charge in [-0.15, -0.1) is 11.3 Å². The van der Waals surface area contributed by atoms with Crippen molar-refractivity contribution >= 4 is 40.0 Å². The fraction of sp³-hybridized carbons (Fsp3) is 0.318. The number of para-hydroxylation sites is 1. The number of hydrogen-bond donors (Lipinski definition) is 1. The lowest BCUT2D eigenvalue weighted by Crippen LogP contribution is -2.44. The molecule has 1 aliphatic rings. The summed E-state index contributed by atoms with van der Waals surface area (Å²) < 4.78 is 19.3. The molecule has 10 heteroatoms. The number of nitrogens with zero attached hydrogens (tertiary/aromatic N) is 4. The van der Waals surface area contributed by atoms with Crippen LogP contribution >= 0.6 is 11.3 Å². The van der Waals surface area contributed by atoms with Gasteiger partial charge in [0, 0.05) is 25.3 Å². The van der Waals surface area contributed by atoms with Gasteiger partial charge in [0.1, 0.15) is 11.4 Å². The highest BCUT2D eigenvalue weighted by atomic mass is 32.1. The van der Waals surface area contributed by atoms with Crippen LogP contribution in [0.1, 0.15) is 50.0 Å². The van der Waals surface area contributed by atoms with Crippen molar-refractivity contribution in [1.29, 1.82) is 0 Å². The highest BCUT2D eigenvalue weighted by molar-refractivity contribution is 7.14. The van der Waals surface area contributed by atoms with Gasteiger partial charge in [-0.25, -0.2) is 9.37 Å². The van der Waals surface area contributed by atoms with Crippen LogP contribution in [0.2, 0.25) is 0 Å². The number of nitrogens with one attached hydrogen (secondary N) is 1. The van der Waals surface area contributed by atoms with Crippen LogP contribution in [0.4, 0.5) is 15.2 Å². The number of anilines is 2. The van der Waals surface area contributed by atoms with Crippen LogP contribution in [0.5, 0.6) is 0 Å². The van der Waals surface area contributed by atoms with E-state index < -0.39 is 11.4 Å². The molecule has 4 rings (SSSR count). The Morgan fingerprint density at radius 2 is 2.00 bits per heavy atom. The molecule has 1 aliphatic carbocycles. The Morgan fingerprint density at radius 3 is 2.66 bits per heavy atom. The number of benzene rings is 1. The number of carbonyl (C=O) groups excluding carboxylic acids is 2. The molecule has 2 aromatic heterocycles. The lowest BCUT2D eigenvalue weighted by molar-refractivity contribution is -0.118. The van der Waals surface area contributed by atoms with E-state index in [1.807, 2.05) is 0 Å². The zero-order valence-corrected chi connectivity index (χ0v) is 18.5. The molecule has 1 aromatic carbocycles. The average Bonchev–Trinajstić information content (AvgIpc) is 3.50. The Morgan fingerprint density at radius 1 is 1.25 bits per heavy atom. The lowest BCUT2D eigenvalue weighted by atomic mass is 9.96. The first-order valence-electron chi connectivity index (χ1n) is 10.2. The van der Waals surface area contributed by atoms with Crippen molar-refractivity contribution in [3.05, 3.63) is 58.9 Å². The van der Waals surface area contributed by atoms with E-state index in [0.717, 1.165) is 25.7 Å². The Labute approximate surface area is 188 Å². The summed E-state index contributed by atoms with van der Waals surface area (Å²) in [5.41, 5.74) is -0.0253. The number of aryl methyl sites for hydroxylation is 1. The van der Waals surface area contributed by atoms with Gasteiger partial charge in [-0.1, -0.05) is 30.1 Å². The van der Waals surface area contributed by atoms with Crippen molar-refractivity contribution in [2.45, 2.75) is 45.1 Å². The molecule has 0 aliphatic heterocycles. The van der Waals surface area contributed by atoms with E-state index >= 15 is 0 Å². The number of amides is 2. The normalized spacial score (nSPS) is 15.2. The van der Waals surface area contributed by atoms with Gasteiger partial charge >= 0.3 is 0 Å². The second-order valence-electron chi connectivity index (χ2n) is 7.61. The summed E-state index contributed by atoms with van der Waals surface area (Å²) in [4.78, 5) is 34.7. The Bertz CT molecular complexity index is 1170. The van der Waals surface area contributed by atoms with Crippen molar-refractivity contribution in [2.24, 2.45) is 0 Å². The average molecular weight is 456 g/mol. The molecule has 0 radical (unpaired) electrons. The van der Waals surface area contributed by atoms with Crippen molar-refractivity contribution in [2.75, 3.05) is 4.90 Å². The number of halogens is 1. The molecule has 0 bridgehead atoms. The molecule has 0 saturated heterocycles. The SMILES string of the molecule is CC(=O)N(c1nc(/C=C/C(=O)NC2(c3noc(C)n3)CCCC2)cs1)c1ccccc1F. The Balaban J connectivity index is 1.50. The van der Waals surface area contributed by atoms with Crippen LogP contribution in [0.3, 0.4) is 0 Å². The van der Waals surface area contributed by atoms with E-state index in [4.69, 9.17) is 4.52 Å². The standard InChI is InChI=1S/C22H22FN5O3S/c1-14-24-20(27-31-14)22(11-5-6-12-22)26-19(30)10-9-16-13-32-21(25-16)28(15(2)29)18-8-4-3-7-17(18)23/h3-4,7-10,13H,5-6,11-12H2,1-2H3,(H,26,30)/b10-9+. The summed E-state index contributed by atoms with van der Waals surface area (Å²) in [5.74, 6) is -0.242. The first-order chi connectivity index (χ1) is 15.4. The molecule has 1 saturated carbocycles. The summed E-state index contributed by atoms with van der Waals surface area (Å²) in [6, 6.07) is 6.01. The summed E-state index contributed by atoms with van der Waals surface area (Å²) in [5, 5.41) is 9.05. The minimum absolute atomic E-state index is 0.126. The number of aromatic nitrogens is 3. The summed E-state index contributed by atoms with van der Waals surface area (Å²) >= 11 is 1.18. The summed E-state index contributed by atoms with van der Waals surface area (Å²) in [6.07, 6.45) is 6.34. The van der Waals surface area contributed by atoms with E-state index in [0.29, 0.717) is 22.5 Å². The van der Waals surface area contributed by atoms with Gasteiger partial charge in [-0.05, 0) is 31.1 Å². The molecule has 166 valence electrons. The molecule has 2 amide bonds. The Hall–Kier alpha value is -3.40. The molecule has 1 fully saturated rings. The van der Waals surface area contributed by atoms with Gasteiger partial charge in [0.25, 0.3) is 0 Å². The van der Waals surface area contributed by atoms with E-state index in [9.17, 15) is 14.0 Å². The topological polar surface area (TPSA) is 101 Å². The van der Waals surface area contributed by atoms with Crippen LogP contribution in [0.25, 0.3) is 6.08 Å². The van der Waals surface area contributed by atoms with Crippen molar-refractivity contribution < 1.29 is 18.5 Å². The van der Waals surface area contributed by atoms with Gasteiger partial charge in [-0.3, -0.25) is 14.5 Å². The number of hydrogen-bond acceptors (Lipinski definition) is 7. The smallest absolute Gasteiger partial charge is 0.244 e. The van der Waals surface area contributed by atoms with Crippen LogP contribution in [0, 0.1) is 12.7 Å². The zero-order valence-electron chi connectivity index (χ0n) is 17.7. The molecule has 1 N–H and O–H groups in total. The van der Waals surface area contributed by atoms with Crippen LogP contribution in [-0.4, -0.2) is 26.9 Å². The first kappa shape index (κ1) is 21.8. The fourth-order valence-electron chi connectivity index (χ4n) is 3.81. The molecule has 3 aromatic rings. The third-order valence-corrected chi connectivity index (χ3v) is 6.13. The quantitative estimate of drug-likeness (QED) is 0.558. The minimum Gasteiger partial charge on any atom is -0.340 e. The predicted octanol–water partition coefficient (Wildman–Crippen LogP) is 4.26. The number of carbonyl (C=O) groups is 2. The highest BCUT2D eigenvalue weighted by Crippen LogP contribution is 2.37. The van der Waals surface area contributed by atoms with Crippen LogP contribution in [0.15, 0.2) is 40.2 Å².